The van der Waals surface area contributed by atoms with Crippen LogP contribution in [0.1, 0.15) is 43.5 Å². The second kappa shape index (κ2) is 5.09. The molecule has 1 fully saturated rings. The standard InChI is InChI=1S/C14H18ClNO/c1-3-13-6-4-10(2)16(13)14-7-5-12(15)8-11(14)9-17/h5,7-10,13H,3-4,6H2,1-2H3. The Morgan fingerprint density at radius 1 is 1.47 bits per heavy atom. The highest BCUT2D eigenvalue weighted by atomic mass is 35.5. The molecule has 2 nitrogen and oxygen atoms in total. The second-order valence-electron chi connectivity index (χ2n) is 4.72. The number of carbonyl (C=O) groups excluding carboxylic acids is 1. The van der Waals surface area contributed by atoms with Crippen LogP contribution in [0.5, 0.6) is 0 Å². The van der Waals surface area contributed by atoms with Crippen LogP contribution in [0.4, 0.5) is 5.69 Å². The van der Waals surface area contributed by atoms with Crippen molar-refractivity contribution in [3.8, 4) is 0 Å². The summed E-state index contributed by atoms with van der Waals surface area (Å²) < 4.78 is 0. The van der Waals surface area contributed by atoms with E-state index in [0.717, 1.165) is 18.4 Å². The van der Waals surface area contributed by atoms with E-state index in [4.69, 9.17) is 11.6 Å². The van der Waals surface area contributed by atoms with Gasteiger partial charge >= 0.3 is 0 Å². The van der Waals surface area contributed by atoms with Gasteiger partial charge in [-0.05, 0) is 44.4 Å². The number of anilines is 1. The third-order valence-corrected chi connectivity index (χ3v) is 3.89. The molecule has 3 heteroatoms. The van der Waals surface area contributed by atoms with Crippen LogP contribution in [0.25, 0.3) is 0 Å². The molecule has 0 spiro atoms. The summed E-state index contributed by atoms with van der Waals surface area (Å²) in [6, 6.07) is 6.63. The van der Waals surface area contributed by atoms with E-state index in [9.17, 15) is 4.79 Å². The molecule has 2 rings (SSSR count). The first kappa shape index (κ1) is 12.4. The van der Waals surface area contributed by atoms with E-state index in [2.05, 4.69) is 18.7 Å². The molecule has 1 aliphatic heterocycles. The van der Waals surface area contributed by atoms with Crippen molar-refractivity contribution >= 4 is 23.6 Å². The van der Waals surface area contributed by atoms with E-state index in [1.807, 2.05) is 12.1 Å². The maximum absolute atomic E-state index is 11.2. The molecule has 17 heavy (non-hydrogen) atoms. The molecule has 1 saturated heterocycles. The van der Waals surface area contributed by atoms with Gasteiger partial charge in [0, 0.05) is 28.4 Å². The predicted octanol–water partition coefficient (Wildman–Crippen LogP) is 3.92. The topological polar surface area (TPSA) is 20.3 Å². The number of hydrogen-bond acceptors (Lipinski definition) is 2. The number of benzene rings is 1. The van der Waals surface area contributed by atoms with Crippen LogP contribution in [0.3, 0.4) is 0 Å². The van der Waals surface area contributed by atoms with Gasteiger partial charge in [0.1, 0.15) is 0 Å². The molecule has 1 aromatic rings. The van der Waals surface area contributed by atoms with Gasteiger partial charge in [0.2, 0.25) is 0 Å². The van der Waals surface area contributed by atoms with Gasteiger partial charge in [-0.2, -0.15) is 0 Å². The Hall–Kier alpha value is -1.02. The van der Waals surface area contributed by atoms with Gasteiger partial charge in [-0.15, -0.1) is 0 Å². The fourth-order valence-corrected chi connectivity index (χ4v) is 2.94. The van der Waals surface area contributed by atoms with Gasteiger partial charge in [0.15, 0.2) is 6.29 Å². The average molecular weight is 252 g/mol. The highest BCUT2D eigenvalue weighted by Gasteiger charge is 2.30. The molecule has 0 amide bonds. The second-order valence-corrected chi connectivity index (χ2v) is 5.15. The lowest BCUT2D eigenvalue weighted by atomic mass is 10.1. The van der Waals surface area contributed by atoms with Gasteiger partial charge in [-0.3, -0.25) is 4.79 Å². The lowest BCUT2D eigenvalue weighted by Crippen LogP contribution is -2.34. The number of rotatable bonds is 3. The molecule has 0 aromatic heterocycles. The van der Waals surface area contributed by atoms with Gasteiger partial charge in [-0.25, -0.2) is 0 Å². The van der Waals surface area contributed by atoms with Crippen molar-refractivity contribution in [1.82, 2.24) is 0 Å². The van der Waals surface area contributed by atoms with Crippen LogP contribution in [0, 0.1) is 0 Å². The summed E-state index contributed by atoms with van der Waals surface area (Å²) in [6.45, 7) is 4.42. The Bertz CT molecular complexity index is 419. The summed E-state index contributed by atoms with van der Waals surface area (Å²) in [5.74, 6) is 0. The fourth-order valence-electron chi connectivity index (χ4n) is 2.76. The van der Waals surface area contributed by atoms with Crippen molar-refractivity contribution in [3.63, 3.8) is 0 Å². The van der Waals surface area contributed by atoms with Gasteiger partial charge in [0.05, 0.1) is 0 Å². The predicted molar refractivity (Wildman–Crippen MR) is 72.1 cm³/mol. The smallest absolute Gasteiger partial charge is 0.152 e. The zero-order chi connectivity index (χ0) is 12.4. The minimum absolute atomic E-state index is 0.500. The quantitative estimate of drug-likeness (QED) is 0.759. The summed E-state index contributed by atoms with van der Waals surface area (Å²) in [6.07, 6.45) is 4.42. The van der Waals surface area contributed by atoms with Crippen LogP contribution in [-0.2, 0) is 0 Å². The molecule has 1 heterocycles. The van der Waals surface area contributed by atoms with Crippen LogP contribution >= 0.6 is 11.6 Å². The molecule has 0 radical (unpaired) electrons. The Kier molecular flexibility index (Phi) is 3.72. The van der Waals surface area contributed by atoms with Crippen LogP contribution < -0.4 is 4.90 Å². The summed E-state index contributed by atoms with van der Waals surface area (Å²) in [5.41, 5.74) is 1.73. The zero-order valence-electron chi connectivity index (χ0n) is 10.3. The molecule has 0 saturated carbocycles. The summed E-state index contributed by atoms with van der Waals surface area (Å²) >= 11 is 5.93. The normalized spacial score (nSPS) is 24.1. The maximum atomic E-state index is 11.2. The number of aldehydes is 1. The van der Waals surface area contributed by atoms with Crippen molar-refractivity contribution in [2.75, 3.05) is 4.90 Å². The number of halogens is 1. The molecule has 0 N–H and O–H groups in total. The minimum Gasteiger partial charge on any atom is -0.365 e. The van der Waals surface area contributed by atoms with Crippen LogP contribution in [0.2, 0.25) is 5.02 Å². The molecule has 1 aliphatic rings. The largest absolute Gasteiger partial charge is 0.365 e. The molecule has 0 aliphatic carbocycles. The summed E-state index contributed by atoms with van der Waals surface area (Å²) in [5, 5.41) is 0.621. The fraction of sp³-hybridized carbons (Fsp3) is 0.500. The van der Waals surface area contributed by atoms with Crippen molar-refractivity contribution in [2.24, 2.45) is 0 Å². The van der Waals surface area contributed by atoms with Crippen LogP contribution in [-0.4, -0.2) is 18.4 Å². The summed E-state index contributed by atoms with van der Waals surface area (Å²) in [7, 11) is 0. The third kappa shape index (κ3) is 2.32. The molecular weight excluding hydrogens is 234 g/mol. The number of carbonyl (C=O) groups is 1. The van der Waals surface area contributed by atoms with Crippen LogP contribution in [0.15, 0.2) is 18.2 Å². The van der Waals surface area contributed by atoms with Gasteiger partial charge < -0.3 is 4.90 Å². The van der Waals surface area contributed by atoms with Crippen molar-refractivity contribution in [3.05, 3.63) is 28.8 Å². The van der Waals surface area contributed by atoms with E-state index in [0.29, 0.717) is 22.7 Å². The average Bonchev–Trinajstić information content (AvgIpc) is 2.70. The van der Waals surface area contributed by atoms with E-state index < -0.39 is 0 Å². The van der Waals surface area contributed by atoms with E-state index in [1.165, 1.54) is 12.8 Å². The van der Waals surface area contributed by atoms with Crippen molar-refractivity contribution in [1.29, 1.82) is 0 Å². The first-order valence-electron chi connectivity index (χ1n) is 6.20. The first-order valence-corrected chi connectivity index (χ1v) is 6.58. The van der Waals surface area contributed by atoms with Gasteiger partial charge in [-0.1, -0.05) is 18.5 Å². The van der Waals surface area contributed by atoms with E-state index >= 15 is 0 Å². The number of hydrogen-bond donors (Lipinski definition) is 0. The highest BCUT2D eigenvalue weighted by Crippen LogP contribution is 2.34. The lowest BCUT2D eigenvalue weighted by molar-refractivity contribution is 0.112. The third-order valence-electron chi connectivity index (χ3n) is 3.65. The Balaban J connectivity index is 2.41. The monoisotopic (exact) mass is 251 g/mol. The molecular formula is C14H18ClNO. The zero-order valence-corrected chi connectivity index (χ0v) is 11.1. The SMILES string of the molecule is CCC1CCC(C)N1c1ccc(Cl)cc1C=O. The molecule has 2 unspecified atom stereocenters. The summed E-state index contributed by atoms with van der Waals surface area (Å²) in [4.78, 5) is 13.5. The first-order chi connectivity index (χ1) is 8.17. The molecule has 1 aromatic carbocycles. The lowest BCUT2D eigenvalue weighted by Gasteiger charge is -2.31. The maximum Gasteiger partial charge on any atom is 0.152 e. The van der Waals surface area contributed by atoms with Crippen molar-refractivity contribution < 1.29 is 4.79 Å². The molecule has 92 valence electrons. The van der Waals surface area contributed by atoms with E-state index in [1.54, 1.807) is 6.07 Å². The Morgan fingerprint density at radius 3 is 2.88 bits per heavy atom. The van der Waals surface area contributed by atoms with Gasteiger partial charge in [0.25, 0.3) is 0 Å². The minimum atomic E-state index is 0.500. The Labute approximate surface area is 108 Å². The molecule has 2 atom stereocenters. The molecule has 0 bridgehead atoms. The number of nitrogens with zero attached hydrogens (tertiary/aromatic N) is 1. The van der Waals surface area contributed by atoms with Crippen molar-refractivity contribution in [2.45, 2.75) is 45.2 Å². The van der Waals surface area contributed by atoms with E-state index in [-0.39, 0.29) is 0 Å². The Morgan fingerprint density at radius 2 is 2.24 bits per heavy atom. The highest BCUT2D eigenvalue weighted by molar-refractivity contribution is 6.31.